The van der Waals surface area contributed by atoms with E-state index in [-0.39, 0.29) is 11.7 Å². The van der Waals surface area contributed by atoms with Gasteiger partial charge in [0.25, 0.3) is 5.22 Å². The second kappa shape index (κ2) is 8.03. The number of aryl methyl sites for hydroxylation is 1. The molecular formula is C17H13BrClN3O2S. The summed E-state index contributed by atoms with van der Waals surface area (Å²) in [6, 6.07) is 12.9. The highest BCUT2D eigenvalue weighted by Gasteiger charge is 2.11. The average Bonchev–Trinajstić information content (AvgIpc) is 3.06. The van der Waals surface area contributed by atoms with E-state index in [9.17, 15) is 4.79 Å². The fraction of sp³-hybridized carbons (Fsp3) is 0.118. The van der Waals surface area contributed by atoms with Gasteiger partial charge in [0.05, 0.1) is 5.75 Å². The molecule has 0 fully saturated rings. The Morgan fingerprint density at radius 2 is 2.00 bits per heavy atom. The van der Waals surface area contributed by atoms with Crippen molar-refractivity contribution in [3.63, 3.8) is 0 Å². The van der Waals surface area contributed by atoms with E-state index in [2.05, 4.69) is 31.4 Å². The van der Waals surface area contributed by atoms with Crippen molar-refractivity contribution in [2.45, 2.75) is 12.1 Å². The van der Waals surface area contributed by atoms with Gasteiger partial charge in [-0.2, -0.15) is 0 Å². The first-order valence-electron chi connectivity index (χ1n) is 7.29. The number of rotatable bonds is 5. The van der Waals surface area contributed by atoms with Crippen LogP contribution in [0.15, 0.2) is 56.6 Å². The zero-order chi connectivity index (χ0) is 17.8. The number of amides is 1. The molecule has 0 aliphatic rings. The molecule has 1 N–H and O–H groups in total. The van der Waals surface area contributed by atoms with Gasteiger partial charge in [-0.05, 0) is 48.9 Å². The Balaban J connectivity index is 1.57. The van der Waals surface area contributed by atoms with E-state index in [1.165, 1.54) is 11.8 Å². The fourth-order valence-corrected chi connectivity index (χ4v) is 2.98. The van der Waals surface area contributed by atoms with Crippen molar-refractivity contribution < 1.29 is 9.21 Å². The highest BCUT2D eigenvalue weighted by molar-refractivity contribution is 9.10. The summed E-state index contributed by atoms with van der Waals surface area (Å²) in [6.07, 6.45) is 0. The Morgan fingerprint density at radius 1 is 1.24 bits per heavy atom. The van der Waals surface area contributed by atoms with Crippen molar-refractivity contribution >= 4 is 50.9 Å². The molecule has 0 radical (unpaired) electrons. The quantitative estimate of drug-likeness (QED) is 0.555. The van der Waals surface area contributed by atoms with Crippen molar-refractivity contribution in [2.75, 3.05) is 11.1 Å². The molecule has 128 valence electrons. The highest BCUT2D eigenvalue weighted by Crippen LogP contribution is 2.25. The van der Waals surface area contributed by atoms with Gasteiger partial charge in [0.15, 0.2) is 0 Å². The van der Waals surface area contributed by atoms with E-state index < -0.39 is 0 Å². The van der Waals surface area contributed by atoms with Crippen LogP contribution in [0.4, 0.5) is 5.69 Å². The van der Waals surface area contributed by atoms with Crippen molar-refractivity contribution in [3.8, 4) is 11.5 Å². The number of hydrogen-bond donors (Lipinski definition) is 1. The molecule has 1 amide bonds. The number of carbonyl (C=O) groups is 1. The standard InChI is InChI=1S/C17H13BrClN3O2S/c1-10-2-7-13(8-14(10)19)20-15(23)9-25-17-22-21-16(24-17)11-3-5-12(18)6-4-11/h2-8H,9H2,1H3,(H,20,23). The van der Waals surface area contributed by atoms with Crippen LogP contribution in [0.5, 0.6) is 0 Å². The van der Waals surface area contributed by atoms with Crippen LogP contribution in [-0.2, 0) is 4.79 Å². The van der Waals surface area contributed by atoms with Gasteiger partial charge in [0, 0.05) is 20.7 Å². The molecule has 0 atom stereocenters. The minimum atomic E-state index is -0.173. The third kappa shape index (κ3) is 4.84. The molecule has 2 aromatic carbocycles. The molecule has 1 aromatic heterocycles. The van der Waals surface area contributed by atoms with E-state index in [0.29, 0.717) is 21.8 Å². The monoisotopic (exact) mass is 437 g/mol. The van der Waals surface area contributed by atoms with Gasteiger partial charge in [0.2, 0.25) is 11.8 Å². The largest absolute Gasteiger partial charge is 0.411 e. The molecule has 3 rings (SSSR count). The zero-order valence-electron chi connectivity index (χ0n) is 13.1. The molecule has 1 heterocycles. The number of nitrogens with one attached hydrogen (secondary N) is 1. The van der Waals surface area contributed by atoms with Crippen LogP contribution in [0, 0.1) is 6.92 Å². The number of carbonyl (C=O) groups excluding carboxylic acids is 1. The molecule has 0 aliphatic carbocycles. The second-order valence-corrected chi connectivity index (χ2v) is 7.43. The van der Waals surface area contributed by atoms with Crippen molar-refractivity contribution in [1.29, 1.82) is 0 Å². The molecule has 8 heteroatoms. The lowest BCUT2D eigenvalue weighted by molar-refractivity contribution is -0.113. The van der Waals surface area contributed by atoms with Crippen LogP contribution in [0.1, 0.15) is 5.56 Å². The van der Waals surface area contributed by atoms with E-state index in [1.807, 2.05) is 43.3 Å². The molecule has 0 unspecified atom stereocenters. The van der Waals surface area contributed by atoms with Crippen LogP contribution >= 0.6 is 39.3 Å². The van der Waals surface area contributed by atoms with Gasteiger partial charge in [-0.25, -0.2) is 0 Å². The lowest BCUT2D eigenvalue weighted by atomic mass is 10.2. The Morgan fingerprint density at radius 3 is 2.72 bits per heavy atom. The van der Waals surface area contributed by atoms with Gasteiger partial charge in [-0.3, -0.25) is 4.79 Å². The number of nitrogens with zero attached hydrogens (tertiary/aromatic N) is 2. The Labute approximate surface area is 162 Å². The number of halogens is 2. The predicted molar refractivity (Wildman–Crippen MR) is 103 cm³/mol. The smallest absolute Gasteiger partial charge is 0.277 e. The second-order valence-electron chi connectivity index (χ2n) is 5.18. The summed E-state index contributed by atoms with van der Waals surface area (Å²) in [4.78, 5) is 12.0. The number of thioether (sulfide) groups is 1. The summed E-state index contributed by atoms with van der Waals surface area (Å²) in [5.41, 5.74) is 2.43. The number of hydrogen-bond acceptors (Lipinski definition) is 5. The Bertz CT molecular complexity index is 899. The minimum Gasteiger partial charge on any atom is -0.411 e. The fourth-order valence-electron chi connectivity index (χ4n) is 1.97. The van der Waals surface area contributed by atoms with E-state index in [0.717, 1.165) is 15.6 Å². The lowest BCUT2D eigenvalue weighted by Gasteiger charge is -2.05. The topological polar surface area (TPSA) is 68.0 Å². The number of benzene rings is 2. The molecule has 3 aromatic rings. The van der Waals surface area contributed by atoms with Crippen molar-refractivity contribution in [1.82, 2.24) is 10.2 Å². The summed E-state index contributed by atoms with van der Waals surface area (Å²) in [6.45, 7) is 1.91. The highest BCUT2D eigenvalue weighted by atomic mass is 79.9. The molecule has 0 bridgehead atoms. The minimum absolute atomic E-state index is 0.160. The molecule has 5 nitrogen and oxygen atoms in total. The van der Waals surface area contributed by atoms with Crippen LogP contribution in [0.3, 0.4) is 0 Å². The maximum absolute atomic E-state index is 12.0. The van der Waals surface area contributed by atoms with Gasteiger partial charge < -0.3 is 9.73 Å². The predicted octanol–water partition coefficient (Wildman–Crippen LogP) is 5.19. The van der Waals surface area contributed by atoms with Crippen molar-refractivity contribution in [2.24, 2.45) is 0 Å². The summed E-state index contributed by atoms with van der Waals surface area (Å²) in [7, 11) is 0. The Hall–Kier alpha value is -1.83. The summed E-state index contributed by atoms with van der Waals surface area (Å²) >= 11 is 10.6. The van der Waals surface area contributed by atoms with E-state index in [1.54, 1.807) is 6.07 Å². The third-order valence-electron chi connectivity index (χ3n) is 3.28. The number of anilines is 1. The summed E-state index contributed by atoms with van der Waals surface area (Å²) in [5, 5.41) is 11.7. The first-order valence-corrected chi connectivity index (χ1v) is 9.45. The molecule has 0 aliphatic heterocycles. The van der Waals surface area contributed by atoms with Gasteiger partial charge in [0.1, 0.15) is 0 Å². The van der Waals surface area contributed by atoms with Gasteiger partial charge >= 0.3 is 0 Å². The first kappa shape index (κ1) is 18.0. The van der Waals surface area contributed by atoms with Crippen molar-refractivity contribution in [3.05, 3.63) is 57.5 Å². The Kier molecular flexibility index (Phi) is 5.78. The van der Waals surface area contributed by atoms with Gasteiger partial charge in [-0.1, -0.05) is 45.4 Å². The van der Waals surface area contributed by atoms with Crippen LogP contribution < -0.4 is 5.32 Å². The maximum atomic E-state index is 12.0. The van der Waals surface area contributed by atoms with E-state index >= 15 is 0 Å². The third-order valence-corrected chi connectivity index (χ3v) is 5.03. The maximum Gasteiger partial charge on any atom is 0.277 e. The SMILES string of the molecule is Cc1ccc(NC(=O)CSc2nnc(-c3ccc(Br)cc3)o2)cc1Cl. The van der Waals surface area contributed by atoms with Crippen LogP contribution in [0.2, 0.25) is 5.02 Å². The summed E-state index contributed by atoms with van der Waals surface area (Å²) in [5.74, 6) is 0.405. The normalized spacial score (nSPS) is 10.7. The van der Waals surface area contributed by atoms with E-state index in [4.69, 9.17) is 16.0 Å². The van der Waals surface area contributed by atoms with Crippen LogP contribution in [0.25, 0.3) is 11.5 Å². The van der Waals surface area contributed by atoms with Gasteiger partial charge in [-0.15, -0.1) is 10.2 Å². The first-order chi connectivity index (χ1) is 12.0. The average molecular weight is 439 g/mol. The zero-order valence-corrected chi connectivity index (χ0v) is 16.3. The molecular weight excluding hydrogens is 426 g/mol. The molecule has 25 heavy (non-hydrogen) atoms. The number of aromatic nitrogens is 2. The van der Waals surface area contributed by atoms with Crippen LogP contribution in [-0.4, -0.2) is 21.9 Å². The summed E-state index contributed by atoms with van der Waals surface area (Å²) < 4.78 is 6.54. The molecule has 0 spiro atoms. The molecule has 0 saturated heterocycles. The molecule has 0 saturated carbocycles. The lowest BCUT2D eigenvalue weighted by Crippen LogP contribution is -2.14.